The molecule has 1 aromatic rings. The van der Waals surface area contributed by atoms with E-state index >= 15 is 0 Å². The maximum atomic E-state index is 12.2. The van der Waals surface area contributed by atoms with Gasteiger partial charge in [0.2, 0.25) is 10.0 Å². The molecule has 0 atom stereocenters. The van der Waals surface area contributed by atoms with Gasteiger partial charge in [-0.05, 0) is 51.0 Å². The fraction of sp³-hybridized carbons (Fsp3) is 0.500. The van der Waals surface area contributed by atoms with Crippen LogP contribution in [-0.2, 0) is 10.0 Å². The van der Waals surface area contributed by atoms with Crippen LogP contribution < -0.4 is 10.5 Å². The van der Waals surface area contributed by atoms with Crippen LogP contribution in [-0.4, -0.2) is 25.7 Å². The van der Waals surface area contributed by atoms with Crippen LogP contribution >= 0.6 is 0 Å². The summed E-state index contributed by atoms with van der Waals surface area (Å²) in [6, 6.07) is 4.69. The van der Waals surface area contributed by atoms with Crippen molar-refractivity contribution in [3.8, 4) is 0 Å². The molecule has 0 spiro atoms. The third-order valence-electron chi connectivity index (χ3n) is 2.53. The second kappa shape index (κ2) is 5.26. The van der Waals surface area contributed by atoms with Gasteiger partial charge >= 0.3 is 0 Å². The fourth-order valence-electron chi connectivity index (χ4n) is 1.68. The Morgan fingerprint density at radius 2 is 1.94 bits per heavy atom. The zero-order valence-corrected chi connectivity index (χ0v) is 11.7. The number of aliphatic hydroxyl groups excluding tert-OH is 1. The molecule has 0 saturated carbocycles. The summed E-state index contributed by atoms with van der Waals surface area (Å²) in [5.41, 5.74) is 6.14. The number of aryl methyl sites for hydroxylation is 1. The highest BCUT2D eigenvalue weighted by Gasteiger charge is 2.25. The molecular formula is C12H20N2O3S. The summed E-state index contributed by atoms with van der Waals surface area (Å²) in [5.74, 6) is 0. The molecule has 1 rings (SSSR count). The van der Waals surface area contributed by atoms with Gasteiger partial charge in [-0.3, -0.25) is 0 Å². The number of sulfonamides is 1. The first-order valence-corrected chi connectivity index (χ1v) is 7.17. The molecule has 102 valence electrons. The van der Waals surface area contributed by atoms with Crippen LogP contribution in [0, 0.1) is 6.92 Å². The fourth-order valence-corrected chi connectivity index (χ4v) is 3.26. The first kappa shape index (κ1) is 14.9. The van der Waals surface area contributed by atoms with Gasteiger partial charge in [-0.15, -0.1) is 0 Å². The van der Waals surface area contributed by atoms with Crippen LogP contribution in [0.3, 0.4) is 0 Å². The number of anilines is 1. The molecule has 0 aliphatic carbocycles. The van der Waals surface area contributed by atoms with E-state index < -0.39 is 15.6 Å². The molecule has 0 unspecified atom stereocenters. The summed E-state index contributed by atoms with van der Waals surface area (Å²) in [6.45, 7) is 5.15. The van der Waals surface area contributed by atoms with E-state index in [0.717, 1.165) is 5.56 Å². The van der Waals surface area contributed by atoms with Gasteiger partial charge in [-0.1, -0.05) is 0 Å². The van der Waals surface area contributed by atoms with Crippen molar-refractivity contribution in [2.75, 3.05) is 12.3 Å². The Hall–Kier alpha value is -1.11. The molecular weight excluding hydrogens is 252 g/mol. The zero-order valence-electron chi connectivity index (χ0n) is 10.9. The average molecular weight is 272 g/mol. The number of nitrogens with two attached hydrogens (primary N) is 1. The van der Waals surface area contributed by atoms with Gasteiger partial charge in [-0.2, -0.15) is 0 Å². The zero-order chi connectivity index (χ0) is 14.0. The molecule has 4 N–H and O–H groups in total. The monoisotopic (exact) mass is 272 g/mol. The van der Waals surface area contributed by atoms with E-state index in [1.807, 2.05) is 0 Å². The lowest BCUT2D eigenvalue weighted by molar-refractivity contribution is 0.245. The van der Waals surface area contributed by atoms with Crippen molar-refractivity contribution in [2.24, 2.45) is 0 Å². The number of benzene rings is 1. The number of hydrogen-bond donors (Lipinski definition) is 3. The van der Waals surface area contributed by atoms with Crippen LogP contribution in [0.25, 0.3) is 0 Å². The lowest BCUT2D eigenvalue weighted by Crippen LogP contribution is -2.43. The van der Waals surface area contributed by atoms with Gasteiger partial charge in [0.1, 0.15) is 0 Å². The number of rotatable bonds is 5. The molecule has 0 aliphatic rings. The quantitative estimate of drug-likeness (QED) is 0.698. The molecule has 0 heterocycles. The van der Waals surface area contributed by atoms with Crippen molar-refractivity contribution in [1.82, 2.24) is 4.72 Å². The van der Waals surface area contributed by atoms with Gasteiger partial charge in [0, 0.05) is 17.8 Å². The van der Waals surface area contributed by atoms with E-state index in [4.69, 9.17) is 10.8 Å². The van der Waals surface area contributed by atoms with E-state index in [-0.39, 0.29) is 11.5 Å². The standard InChI is InChI=1S/C12H20N2O3S/c1-9-6-10(13)8-11(7-9)18(16,17)14-12(2,3)4-5-15/h6-8,14-15H,4-5,13H2,1-3H3. The Morgan fingerprint density at radius 1 is 1.33 bits per heavy atom. The van der Waals surface area contributed by atoms with Crippen molar-refractivity contribution in [3.05, 3.63) is 23.8 Å². The number of aliphatic hydroxyl groups is 1. The Bertz CT molecular complexity index is 504. The average Bonchev–Trinajstić information content (AvgIpc) is 2.13. The molecule has 0 bridgehead atoms. The predicted molar refractivity (Wildman–Crippen MR) is 71.7 cm³/mol. The smallest absolute Gasteiger partial charge is 0.241 e. The number of hydrogen-bond acceptors (Lipinski definition) is 4. The maximum absolute atomic E-state index is 12.2. The van der Waals surface area contributed by atoms with Gasteiger partial charge in [0.05, 0.1) is 4.90 Å². The SMILES string of the molecule is Cc1cc(N)cc(S(=O)(=O)NC(C)(C)CCO)c1. The second-order valence-electron chi connectivity index (χ2n) is 5.04. The highest BCUT2D eigenvalue weighted by atomic mass is 32.2. The summed E-state index contributed by atoms with van der Waals surface area (Å²) in [6.07, 6.45) is 0.341. The van der Waals surface area contributed by atoms with Crippen molar-refractivity contribution < 1.29 is 13.5 Å². The first-order chi connectivity index (χ1) is 8.16. The molecule has 0 saturated heterocycles. The van der Waals surface area contributed by atoms with E-state index in [1.54, 1.807) is 32.9 Å². The minimum absolute atomic E-state index is 0.0779. The van der Waals surface area contributed by atoms with Gasteiger partial charge < -0.3 is 10.8 Å². The van der Waals surface area contributed by atoms with E-state index in [1.165, 1.54) is 6.07 Å². The minimum Gasteiger partial charge on any atom is -0.399 e. The molecule has 0 aromatic heterocycles. The normalized spacial score (nSPS) is 12.7. The molecule has 18 heavy (non-hydrogen) atoms. The third-order valence-corrected chi connectivity index (χ3v) is 4.21. The van der Waals surface area contributed by atoms with Crippen molar-refractivity contribution in [1.29, 1.82) is 0 Å². The predicted octanol–water partition coefficient (Wildman–Crippen LogP) is 1.02. The molecule has 6 heteroatoms. The lowest BCUT2D eigenvalue weighted by atomic mass is 10.0. The van der Waals surface area contributed by atoms with Crippen LogP contribution in [0.1, 0.15) is 25.8 Å². The highest BCUT2D eigenvalue weighted by Crippen LogP contribution is 2.19. The number of nitrogen functional groups attached to an aromatic ring is 1. The van der Waals surface area contributed by atoms with E-state index in [9.17, 15) is 8.42 Å². The molecule has 0 amide bonds. The first-order valence-electron chi connectivity index (χ1n) is 5.68. The summed E-state index contributed by atoms with van der Waals surface area (Å²) >= 11 is 0. The largest absolute Gasteiger partial charge is 0.399 e. The van der Waals surface area contributed by atoms with E-state index in [0.29, 0.717) is 12.1 Å². The van der Waals surface area contributed by atoms with Crippen molar-refractivity contribution in [3.63, 3.8) is 0 Å². The third kappa shape index (κ3) is 3.97. The van der Waals surface area contributed by atoms with Gasteiger partial charge in [0.25, 0.3) is 0 Å². The molecule has 0 fully saturated rings. The molecule has 0 radical (unpaired) electrons. The minimum atomic E-state index is -3.63. The second-order valence-corrected chi connectivity index (χ2v) is 6.72. The van der Waals surface area contributed by atoms with Crippen molar-refractivity contribution in [2.45, 2.75) is 37.6 Å². The summed E-state index contributed by atoms with van der Waals surface area (Å²) in [4.78, 5) is 0.144. The lowest BCUT2D eigenvalue weighted by Gasteiger charge is -2.25. The molecule has 1 aromatic carbocycles. The Morgan fingerprint density at radius 3 is 2.44 bits per heavy atom. The Kier molecular flexibility index (Phi) is 4.37. The summed E-state index contributed by atoms with van der Waals surface area (Å²) in [7, 11) is -3.63. The number of nitrogens with one attached hydrogen (secondary N) is 1. The summed E-state index contributed by atoms with van der Waals surface area (Å²) in [5, 5.41) is 8.90. The Balaban J connectivity index is 3.07. The Labute approximate surface area is 108 Å². The summed E-state index contributed by atoms with van der Waals surface area (Å²) < 4.78 is 26.9. The van der Waals surface area contributed by atoms with Crippen LogP contribution in [0.15, 0.2) is 23.1 Å². The van der Waals surface area contributed by atoms with Crippen LogP contribution in [0.5, 0.6) is 0 Å². The molecule has 5 nitrogen and oxygen atoms in total. The van der Waals surface area contributed by atoms with Gasteiger partial charge in [-0.25, -0.2) is 13.1 Å². The van der Waals surface area contributed by atoms with Crippen LogP contribution in [0.2, 0.25) is 0 Å². The van der Waals surface area contributed by atoms with E-state index in [2.05, 4.69) is 4.72 Å². The van der Waals surface area contributed by atoms with Crippen molar-refractivity contribution >= 4 is 15.7 Å². The maximum Gasteiger partial charge on any atom is 0.241 e. The highest BCUT2D eigenvalue weighted by molar-refractivity contribution is 7.89. The molecule has 0 aliphatic heterocycles. The topological polar surface area (TPSA) is 92.4 Å². The van der Waals surface area contributed by atoms with Crippen LogP contribution in [0.4, 0.5) is 5.69 Å². The van der Waals surface area contributed by atoms with Gasteiger partial charge in [0.15, 0.2) is 0 Å².